The molecule has 1 aromatic carbocycles. The Hall–Kier alpha value is -3.15. The Labute approximate surface area is 133 Å². The summed E-state index contributed by atoms with van der Waals surface area (Å²) in [5.41, 5.74) is 2.38. The number of aromatic carboxylic acids is 1. The van der Waals surface area contributed by atoms with Gasteiger partial charge in [-0.15, -0.1) is 0 Å². The number of anilines is 1. The number of nitrogens with one attached hydrogen (secondary N) is 1. The van der Waals surface area contributed by atoms with Gasteiger partial charge in [0.25, 0.3) is 0 Å². The van der Waals surface area contributed by atoms with Crippen LogP contribution in [0, 0.1) is 0 Å². The van der Waals surface area contributed by atoms with E-state index in [1.165, 1.54) is 6.07 Å². The monoisotopic (exact) mass is 308 g/mol. The van der Waals surface area contributed by atoms with Crippen molar-refractivity contribution in [1.82, 2.24) is 14.8 Å². The van der Waals surface area contributed by atoms with Crippen molar-refractivity contribution < 1.29 is 9.90 Å². The molecule has 0 amide bonds. The minimum atomic E-state index is -0.991. The predicted octanol–water partition coefficient (Wildman–Crippen LogP) is 2.64. The largest absolute Gasteiger partial charge is 0.478 e. The molecule has 0 spiro atoms. The Morgan fingerprint density at radius 1 is 1.09 bits per heavy atom. The summed E-state index contributed by atoms with van der Waals surface area (Å²) in [5, 5.41) is 16.4. The number of hydrogen-bond donors (Lipinski definition) is 2. The average Bonchev–Trinajstić information content (AvgIpc) is 3.07. The molecule has 0 fully saturated rings. The Morgan fingerprint density at radius 2 is 1.87 bits per heavy atom. The second kappa shape index (κ2) is 6.74. The molecule has 6 nitrogen and oxygen atoms in total. The smallest absolute Gasteiger partial charge is 0.339 e. The maximum absolute atomic E-state index is 11.1. The second-order valence-corrected chi connectivity index (χ2v) is 5.08. The van der Waals surface area contributed by atoms with Crippen molar-refractivity contribution in [1.29, 1.82) is 0 Å². The Kier molecular flexibility index (Phi) is 4.33. The molecule has 3 rings (SSSR count). The average molecular weight is 308 g/mol. The molecule has 0 aliphatic heterocycles. The third-order valence-corrected chi connectivity index (χ3v) is 3.42. The standard InChI is InChI=1S/C17H16N4O2/c22-17(23)15-3-1-8-18-16(15)19-11-13-4-6-14(7-5-13)12-21-10-2-9-20-21/h1-10H,11-12H2,(H,18,19)(H,22,23). The molecule has 2 heterocycles. The van der Waals surface area contributed by atoms with Gasteiger partial charge in [0, 0.05) is 25.1 Å². The number of carboxylic acid groups (broad SMARTS) is 1. The van der Waals surface area contributed by atoms with Crippen molar-refractivity contribution in [3.8, 4) is 0 Å². The van der Waals surface area contributed by atoms with E-state index in [4.69, 9.17) is 5.11 Å². The molecule has 0 radical (unpaired) electrons. The first-order valence-electron chi connectivity index (χ1n) is 7.20. The molecule has 0 saturated carbocycles. The molecule has 0 aliphatic rings. The van der Waals surface area contributed by atoms with Crippen molar-refractivity contribution in [3.63, 3.8) is 0 Å². The third kappa shape index (κ3) is 3.74. The van der Waals surface area contributed by atoms with Crippen LogP contribution >= 0.6 is 0 Å². The molecule has 0 bridgehead atoms. The van der Waals surface area contributed by atoms with Gasteiger partial charge in [0.05, 0.1) is 6.54 Å². The molecule has 0 atom stereocenters. The number of rotatable bonds is 6. The molecular formula is C17H16N4O2. The molecule has 0 unspecified atom stereocenters. The summed E-state index contributed by atoms with van der Waals surface area (Å²) in [5.74, 6) is -0.615. The van der Waals surface area contributed by atoms with Crippen LogP contribution in [0.15, 0.2) is 61.1 Å². The highest BCUT2D eigenvalue weighted by molar-refractivity contribution is 5.92. The van der Waals surface area contributed by atoms with Crippen LogP contribution in [0.5, 0.6) is 0 Å². The van der Waals surface area contributed by atoms with E-state index in [1.807, 2.05) is 41.2 Å². The van der Waals surface area contributed by atoms with Crippen LogP contribution in [0.4, 0.5) is 5.82 Å². The zero-order chi connectivity index (χ0) is 16.1. The van der Waals surface area contributed by atoms with Crippen LogP contribution in [-0.4, -0.2) is 25.8 Å². The van der Waals surface area contributed by atoms with Crippen molar-refractivity contribution in [2.75, 3.05) is 5.32 Å². The number of carbonyl (C=O) groups is 1. The molecule has 3 aromatic rings. The third-order valence-electron chi connectivity index (χ3n) is 3.42. The highest BCUT2D eigenvalue weighted by atomic mass is 16.4. The number of pyridine rings is 1. The van der Waals surface area contributed by atoms with Gasteiger partial charge in [-0.1, -0.05) is 24.3 Å². The molecule has 2 aromatic heterocycles. The molecule has 23 heavy (non-hydrogen) atoms. The predicted molar refractivity (Wildman–Crippen MR) is 86.3 cm³/mol. The van der Waals surface area contributed by atoms with Gasteiger partial charge in [0.1, 0.15) is 11.4 Å². The van der Waals surface area contributed by atoms with Crippen LogP contribution in [0.3, 0.4) is 0 Å². The number of carboxylic acids is 1. The lowest BCUT2D eigenvalue weighted by atomic mass is 10.1. The fourth-order valence-corrected chi connectivity index (χ4v) is 2.25. The molecular weight excluding hydrogens is 292 g/mol. The maximum Gasteiger partial charge on any atom is 0.339 e. The van der Waals surface area contributed by atoms with E-state index in [2.05, 4.69) is 15.4 Å². The molecule has 116 valence electrons. The van der Waals surface area contributed by atoms with E-state index < -0.39 is 5.97 Å². The first-order valence-corrected chi connectivity index (χ1v) is 7.20. The highest BCUT2D eigenvalue weighted by Crippen LogP contribution is 2.13. The summed E-state index contributed by atoms with van der Waals surface area (Å²) < 4.78 is 1.86. The van der Waals surface area contributed by atoms with Gasteiger partial charge in [-0.2, -0.15) is 5.10 Å². The lowest BCUT2D eigenvalue weighted by Crippen LogP contribution is -2.08. The van der Waals surface area contributed by atoms with E-state index in [0.29, 0.717) is 12.4 Å². The first-order chi connectivity index (χ1) is 11.2. The zero-order valence-electron chi connectivity index (χ0n) is 12.4. The zero-order valence-corrected chi connectivity index (χ0v) is 12.4. The van der Waals surface area contributed by atoms with Crippen LogP contribution in [-0.2, 0) is 13.1 Å². The SMILES string of the molecule is O=C(O)c1cccnc1NCc1ccc(Cn2cccn2)cc1. The van der Waals surface area contributed by atoms with Crippen molar-refractivity contribution >= 4 is 11.8 Å². The number of nitrogens with zero attached hydrogens (tertiary/aromatic N) is 3. The van der Waals surface area contributed by atoms with Gasteiger partial charge in [-0.05, 0) is 29.3 Å². The van der Waals surface area contributed by atoms with Crippen LogP contribution in [0.2, 0.25) is 0 Å². The van der Waals surface area contributed by atoms with E-state index in [1.54, 1.807) is 18.5 Å². The fourth-order valence-electron chi connectivity index (χ4n) is 2.25. The van der Waals surface area contributed by atoms with Crippen LogP contribution in [0.1, 0.15) is 21.5 Å². The topological polar surface area (TPSA) is 80.0 Å². The molecule has 6 heteroatoms. The molecule has 0 aliphatic carbocycles. The minimum Gasteiger partial charge on any atom is -0.478 e. The van der Waals surface area contributed by atoms with Crippen molar-refractivity contribution in [3.05, 3.63) is 77.7 Å². The Morgan fingerprint density at radius 3 is 2.57 bits per heavy atom. The summed E-state index contributed by atoms with van der Waals surface area (Å²) in [6, 6.07) is 13.1. The lowest BCUT2D eigenvalue weighted by molar-refractivity contribution is 0.0697. The minimum absolute atomic E-state index is 0.169. The van der Waals surface area contributed by atoms with Crippen molar-refractivity contribution in [2.24, 2.45) is 0 Å². The van der Waals surface area contributed by atoms with Gasteiger partial charge in [0.2, 0.25) is 0 Å². The number of benzene rings is 1. The fraction of sp³-hybridized carbons (Fsp3) is 0.118. The Bertz CT molecular complexity index is 783. The van der Waals surface area contributed by atoms with Gasteiger partial charge in [0.15, 0.2) is 0 Å². The summed E-state index contributed by atoms with van der Waals surface area (Å²) in [6.07, 6.45) is 5.25. The quantitative estimate of drug-likeness (QED) is 0.732. The van der Waals surface area contributed by atoms with Crippen LogP contribution in [0.25, 0.3) is 0 Å². The lowest BCUT2D eigenvalue weighted by Gasteiger charge is -2.09. The first kappa shape index (κ1) is 14.8. The second-order valence-electron chi connectivity index (χ2n) is 5.08. The van der Waals surface area contributed by atoms with Gasteiger partial charge in [-0.3, -0.25) is 4.68 Å². The summed E-state index contributed by atoms with van der Waals surface area (Å²) >= 11 is 0. The maximum atomic E-state index is 11.1. The normalized spacial score (nSPS) is 10.4. The highest BCUT2D eigenvalue weighted by Gasteiger charge is 2.09. The van der Waals surface area contributed by atoms with E-state index in [9.17, 15) is 4.79 Å². The van der Waals surface area contributed by atoms with E-state index in [-0.39, 0.29) is 5.56 Å². The summed E-state index contributed by atoms with van der Waals surface area (Å²) in [7, 11) is 0. The van der Waals surface area contributed by atoms with Gasteiger partial charge < -0.3 is 10.4 Å². The van der Waals surface area contributed by atoms with E-state index in [0.717, 1.165) is 17.7 Å². The molecule has 2 N–H and O–H groups in total. The number of aromatic nitrogens is 3. The van der Waals surface area contributed by atoms with Crippen molar-refractivity contribution in [2.45, 2.75) is 13.1 Å². The Balaban J connectivity index is 1.64. The summed E-state index contributed by atoms with van der Waals surface area (Å²) in [4.78, 5) is 15.2. The number of hydrogen-bond acceptors (Lipinski definition) is 4. The van der Waals surface area contributed by atoms with Crippen LogP contribution < -0.4 is 5.32 Å². The molecule has 0 saturated heterocycles. The van der Waals surface area contributed by atoms with E-state index >= 15 is 0 Å². The summed E-state index contributed by atoms with van der Waals surface area (Å²) in [6.45, 7) is 1.24. The van der Waals surface area contributed by atoms with Gasteiger partial charge in [-0.25, -0.2) is 9.78 Å². The van der Waals surface area contributed by atoms with Gasteiger partial charge >= 0.3 is 5.97 Å².